The van der Waals surface area contributed by atoms with Crippen LogP contribution >= 0.6 is 11.6 Å². The lowest BCUT2D eigenvalue weighted by Gasteiger charge is -2.19. The molecule has 1 amide bonds. The molecule has 1 N–H and O–H groups in total. The third-order valence-corrected chi connectivity index (χ3v) is 4.21. The van der Waals surface area contributed by atoms with Gasteiger partial charge in [-0.3, -0.25) is 4.79 Å². The quantitative estimate of drug-likeness (QED) is 0.847. The normalized spacial score (nSPS) is 13.0. The number of rotatable bonds is 6. The van der Waals surface area contributed by atoms with E-state index in [4.69, 9.17) is 21.1 Å². The van der Waals surface area contributed by atoms with Gasteiger partial charge < -0.3 is 14.8 Å². The molecule has 0 fully saturated rings. The van der Waals surface area contributed by atoms with Crippen molar-refractivity contribution in [2.45, 2.75) is 32.9 Å². The summed E-state index contributed by atoms with van der Waals surface area (Å²) in [6, 6.07) is 12.8. The van der Waals surface area contributed by atoms with Crippen molar-refractivity contribution >= 4 is 17.5 Å². The predicted molar refractivity (Wildman–Crippen MR) is 95.8 cm³/mol. The Morgan fingerprint density at radius 1 is 1.08 bits per heavy atom. The van der Waals surface area contributed by atoms with E-state index in [-0.39, 0.29) is 11.9 Å². The zero-order chi connectivity index (χ0) is 17.7. The van der Waals surface area contributed by atoms with Crippen molar-refractivity contribution in [1.29, 1.82) is 0 Å². The minimum absolute atomic E-state index is 0.124. The van der Waals surface area contributed by atoms with Gasteiger partial charge in [-0.2, -0.15) is 0 Å². The number of hydrogen-bond acceptors (Lipinski definition) is 3. The van der Waals surface area contributed by atoms with Gasteiger partial charge in [0.1, 0.15) is 11.5 Å². The summed E-state index contributed by atoms with van der Waals surface area (Å²) in [7, 11) is 1.62. The van der Waals surface area contributed by atoms with E-state index in [0.717, 1.165) is 16.9 Å². The van der Waals surface area contributed by atoms with Crippen LogP contribution in [0.1, 0.15) is 31.0 Å². The first-order valence-electron chi connectivity index (χ1n) is 7.78. The van der Waals surface area contributed by atoms with Crippen LogP contribution in [0.2, 0.25) is 5.02 Å². The Balaban J connectivity index is 1.95. The molecule has 0 saturated heterocycles. The maximum atomic E-state index is 12.3. The van der Waals surface area contributed by atoms with Gasteiger partial charge in [-0.25, -0.2) is 0 Å². The highest BCUT2D eigenvalue weighted by Gasteiger charge is 2.18. The molecule has 2 atom stereocenters. The molecule has 128 valence electrons. The van der Waals surface area contributed by atoms with E-state index in [1.165, 1.54) is 0 Å². The van der Waals surface area contributed by atoms with Gasteiger partial charge in [0.15, 0.2) is 6.10 Å². The van der Waals surface area contributed by atoms with E-state index in [9.17, 15) is 4.79 Å². The molecule has 24 heavy (non-hydrogen) atoms. The van der Waals surface area contributed by atoms with Gasteiger partial charge in [-0.05, 0) is 62.2 Å². The van der Waals surface area contributed by atoms with E-state index in [1.807, 2.05) is 44.2 Å². The molecule has 2 rings (SSSR count). The fraction of sp³-hybridized carbons (Fsp3) is 0.316. The second-order valence-electron chi connectivity index (χ2n) is 5.67. The largest absolute Gasteiger partial charge is 0.497 e. The summed E-state index contributed by atoms with van der Waals surface area (Å²) in [5.41, 5.74) is 1.91. The lowest BCUT2D eigenvalue weighted by atomic mass is 10.1. The Labute approximate surface area is 147 Å². The monoisotopic (exact) mass is 347 g/mol. The van der Waals surface area contributed by atoms with Crippen LogP contribution in [0.15, 0.2) is 42.5 Å². The van der Waals surface area contributed by atoms with Crippen molar-refractivity contribution in [2.75, 3.05) is 7.11 Å². The molecular formula is C19H22ClNO3. The lowest BCUT2D eigenvalue weighted by Crippen LogP contribution is -2.37. The van der Waals surface area contributed by atoms with Crippen LogP contribution < -0.4 is 14.8 Å². The van der Waals surface area contributed by atoms with Gasteiger partial charge in [0.2, 0.25) is 0 Å². The fourth-order valence-corrected chi connectivity index (χ4v) is 2.37. The van der Waals surface area contributed by atoms with E-state index in [2.05, 4.69) is 5.32 Å². The predicted octanol–water partition coefficient (Wildman–Crippen LogP) is 4.30. The lowest BCUT2D eigenvalue weighted by molar-refractivity contribution is -0.127. The highest BCUT2D eigenvalue weighted by atomic mass is 35.5. The summed E-state index contributed by atoms with van der Waals surface area (Å²) >= 11 is 5.99. The first-order valence-corrected chi connectivity index (χ1v) is 8.15. The second kappa shape index (κ2) is 8.06. The Kier molecular flexibility index (Phi) is 6.10. The highest BCUT2D eigenvalue weighted by molar-refractivity contribution is 6.31. The minimum atomic E-state index is -0.605. The molecule has 0 unspecified atom stereocenters. The Morgan fingerprint density at radius 2 is 1.71 bits per heavy atom. The van der Waals surface area contributed by atoms with Crippen molar-refractivity contribution in [2.24, 2.45) is 0 Å². The summed E-state index contributed by atoms with van der Waals surface area (Å²) in [5, 5.41) is 3.62. The van der Waals surface area contributed by atoms with Crippen LogP contribution in [-0.4, -0.2) is 19.1 Å². The third kappa shape index (κ3) is 4.65. The second-order valence-corrected chi connectivity index (χ2v) is 6.08. The molecule has 0 aliphatic rings. The van der Waals surface area contributed by atoms with Crippen LogP contribution in [0.4, 0.5) is 0 Å². The number of carbonyl (C=O) groups is 1. The summed E-state index contributed by atoms with van der Waals surface area (Å²) in [4.78, 5) is 12.3. The van der Waals surface area contributed by atoms with Crippen LogP contribution in [0.3, 0.4) is 0 Å². The van der Waals surface area contributed by atoms with Gasteiger partial charge in [0, 0.05) is 5.02 Å². The molecule has 2 aromatic carbocycles. The molecule has 0 aromatic heterocycles. The fourth-order valence-electron chi connectivity index (χ4n) is 2.25. The number of methoxy groups -OCH3 is 1. The molecular weight excluding hydrogens is 326 g/mol. The van der Waals surface area contributed by atoms with E-state index >= 15 is 0 Å². The summed E-state index contributed by atoms with van der Waals surface area (Å²) < 4.78 is 10.8. The zero-order valence-corrected chi connectivity index (χ0v) is 15.1. The molecule has 5 heteroatoms. The van der Waals surface area contributed by atoms with Crippen LogP contribution in [0, 0.1) is 6.92 Å². The summed E-state index contributed by atoms with van der Waals surface area (Å²) in [6.07, 6.45) is -0.605. The Morgan fingerprint density at radius 3 is 2.29 bits per heavy atom. The first-order chi connectivity index (χ1) is 11.4. The van der Waals surface area contributed by atoms with Gasteiger partial charge in [-0.1, -0.05) is 23.7 Å². The highest BCUT2D eigenvalue weighted by Crippen LogP contribution is 2.22. The average Bonchev–Trinajstić information content (AvgIpc) is 2.58. The number of ether oxygens (including phenoxy) is 2. The number of carbonyl (C=O) groups excluding carboxylic acids is 1. The Bertz CT molecular complexity index is 700. The van der Waals surface area contributed by atoms with Crippen molar-refractivity contribution < 1.29 is 14.3 Å². The number of aryl methyl sites for hydroxylation is 1. The number of nitrogens with one attached hydrogen (secondary N) is 1. The SMILES string of the molecule is COc1ccc([C@@H](C)NC(=O)[C@@H](C)Oc2ccc(Cl)c(C)c2)cc1. The zero-order valence-electron chi connectivity index (χ0n) is 14.3. The minimum Gasteiger partial charge on any atom is -0.497 e. The maximum Gasteiger partial charge on any atom is 0.261 e. The van der Waals surface area contributed by atoms with Gasteiger partial charge in [-0.15, -0.1) is 0 Å². The number of benzene rings is 2. The third-order valence-electron chi connectivity index (χ3n) is 3.79. The smallest absolute Gasteiger partial charge is 0.261 e. The van der Waals surface area contributed by atoms with Crippen LogP contribution in [0.25, 0.3) is 0 Å². The van der Waals surface area contributed by atoms with E-state index in [1.54, 1.807) is 26.2 Å². The Hall–Kier alpha value is -2.20. The maximum absolute atomic E-state index is 12.3. The van der Waals surface area contributed by atoms with Gasteiger partial charge in [0.05, 0.1) is 13.2 Å². The molecule has 0 aliphatic heterocycles. The van der Waals surface area contributed by atoms with Crippen LogP contribution in [-0.2, 0) is 4.79 Å². The van der Waals surface area contributed by atoms with E-state index < -0.39 is 6.10 Å². The van der Waals surface area contributed by atoms with Crippen molar-refractivity contribution in [3.63, 3.8) is 0 Å². The van der Waals surface area contributed by atoms with Gasteiger partial charge in [0.25, 0.3) is 5.91 Å². The van der Waals surface area contributed by atoms with E-state index in [0.29, 0.717) is 10.8 Å². The molecule has 4 nitrogen and oxygen atoms in total. The standard InChI is InChI=1S/C19H22ClNO3/c1-12-11-17(9-10-18(12)20)24-14(3)19(22)21-13(2)15-5-7-16(23-4)8-6-15/h5-11,13-14H,1-4H3,(H,21,22)/t13-,14-/m1/s1. The molecule has 0 spiro atoms. The molecule has 2 aromatic rings. The number of amides is 1. The molecule has 0 heterocycles. The van der Waals surface area contributed by atoms with Crippen molar-refractivity contribution in [3.05, 3.63) is 58.6 Å². The first kappa shape index (κ1) is 18.1. The van der Waals surface area contributed by atoms with Crippen molar-refractivity contribution in [3.8, 4) is 11.5 Å². The van der Waals surface area contributed by atoms with Gasteiger partial charge >= 0.3 is 0 Å². The number of halogens is 1. The summed E-state index contributed by atoms with van der Waals surface area (Å²) in [5.74, 6) is 1.23. The summed E-state index contributed by atoms with van der Waals surface area (Å²) in [6.45, 7) is 5.55. The average molecular weight is 348 g/mol. The molecule has 0 bridgehead atoms. The topological polar surface area (TPSA) is 47.6 Å². The number of hydrogen-bond donors (Lipinski definition) is 1. The van der Waals surface area contributed by atoms with Crippen molar-refractivity contribution in [1.82, 2.24) is 5.32 Å². The molecule has 0 radical (unpaired) electrons. The molecule has 0 aliphatic carbocycles. The molecule has 0 saturated carbocycles. The van der Waals surface area contributed by atoms with Crippen LogP contribution in [0.5, 0.6) is 11.5 Å².